The van der Waals surface area contributed by atoms with Crippen LogP contribution in [0.4, 0.5) is 0 Å². The quantitative estimate of drug-likeness (QED) is 0.416. The van der Waals surface area contributed by atoms with Gasteiger partial charge >= 0.3 is 0 Å². The maximum Gasteiger partial charge on any atom is 0.0594 e. The van der Waals surface area contributed by atoms with Gasteiger partial charge in [-0.15, -0.1) is 0 Å². The summed E-state index contributed by atoms with van der Waals surface area (Å²) in [5.74, 6) is 1.34. The molecule has 31 heavy (non-hydrogen) atoms. The molecule has 0 aromatic heterocycles. The van der Waals surface area contributed by atoms with Crippen molar-refractivity contribution in [3.05, 3.63) is 23.3 Å². The lowest BCUT2D eigenvalue weighted by molar-refractivity contribution is -0.125. The molecule has 0 aliphatic heterocycles. The van der Waals surface area contributed by atoms with Gasteiger partial charge in [-0.25, -0.2) is 0 Å². The summed E-state index contributed by atoms with van der Waals surface area (Å²) in [6, 6.07) is 0. The first-order valence-corrected chi connectivity index (χ1v) is 13.3. The zero-order chi connectivity index (χ0) is 22.7. The van der Waals surface area contributed by atoms with E-state index < -0.39 is 0 Å². The van der Waals surface area contributed by atoms with Gasteiger partial charge in [-0.3, -0.25) is 0 Å². The fourth-order valence-corrected chi connectivity index (χ4v) is 9.81. The fourth-order valence-electron chi connectivity index (χ4n) is 9.81. The third-order valence-corrected chi connectivity index (χ3v) is 12.4. The second-order valence-electron chi connectivity index (χ2n) is 14.8. The van der Waals surface area contributed by atoms with Crippen LogP contribution < -0.4 is 0 Å². The summed E-state index contributed by atoms with van der Waals surface area (Å²) in [6.07, 6.45) is 16.7. The van der Waals surface area contributed by atoms with E-state index in [0.29, 0.717) is 22.2 Å². The Hall–Kier alpha value is -0.560. The van der Waals surface area contributed by atoms with Gasteiger partial charge in [-0.2, -0.15) is 0 Å². The summed E-state index contributed by atoms with van der Waals surface area (Å²) in [5, 5.41) is 10.9. The molecule has 1 unspecified atom stereocenters. The van der Waals surface area contributed by atoms with E-state index in [1.165, 1.54) is 44.9 Å². The number of allylic oxidation sites excluding steroid dienone is 4. The van der Waals surface area contributed by atoms with Crippen molar-refractivity contribution in [2.45, 2.75) is 119 Å². The minimum atomic E-state index is -0.152. The summed E-state index contributed by atoms with van der Waals surface area (Å²) in [5.41, 5.74) is 5.32. The molecule has 5 aliphatic carbocycles. The monoisotopic (exact) mass is 424 g/mol. The van der Waals surface area contributed by atoms with Crippen LogP contribution in [0.15, 0.2) is 23.3 Å². The number of hydrogen-bond donors (Lipinski definition) is 1. The molecule has 0 saturated heterocycles. The van der Waals surface area contributed by atoms with Crippen LogP contribution >= 0.6 is 0 Å². The van der Waals surface area contributed by atoms with Gasteiger partial charge in [0.1, 0.15) is 0 Å². The minimum Gasteiger partial charge on any atom is -0.393 e. The van der Waals surface area contributed by atoms with E-state index in [1.807, 2.05) is 0 Å². The SMILES string of the molecule is CC1(C)CC[C@]2(C)CC[C@]3(C)C(=CC=C4[C@@]5(C)CCC(O)C(C)(C)[C@H]5CC[C@]43C)[C@H]2C1. The van der Waals surface area contributed by atoms with Gasteiger partial charge in [-0.1, -0.05) is 78.7 Å². The highest BCUT2D eigenvalue weighted by atomic mass is 16.3. The maximum atomic E-state index is 10.9. The van der Waals surface area contributed by atoms with Crippen LogP contribution in [0.2, 0.25) is 0 Å². The van der Waals surface area contributed by atoms with Gasteiger partial charge in [0.2, 0.25) is 0 Å². The van der Waals surface area contributed by atoms with E-state index in [9.17, 15) is 5.11 Å². The molecule has 7 atom stereocenters. The summed E-state index contributed by atoms with van der Waals surface area (Å²) < 4.78 is 0. The maximum absolute atomic E-state index is 10.9. The second kappa shape index (κ2) is 6.31. The minimum absolute atomic E-state index is 0.0125. The van der Waals surface area contributed by atoms with Crippen molar-refractivity contribution in [2.24, 2.45) is 44.3 Å². The first kappa shape index (κ1) is 22.2. The van der Waals surface area contributed by atoms with E-state index in [4.69, 9.17) is 0 Å². The first-order chi connectivity index (χ1) is 14.2. The van der Waals surface area contributed by atoms with Crippen molar-refractivity contribution in [3.8, 4) is 0 Å². The Morgan fingerprint density at radius 2 is 1.42 bits per heavy atom. The Morgan fingerprint density at radius 1 is 0.742 bits per heavy atom. The van der Waals surface area contributed by atoms with Gasteiger partial charge in [0.25, 0.3) is 0 Å². The lowest BCUT2D eigenvalue weighted by Gasteiger charge is -2.68. The molecule has 4 fully saturated rings. The van der Waals surface area contributed by atoms with Crippen LogP contribution in [0.3, 0.4) is 0 Å². The van der Waals surface area contributed by atoms with Gasteiger partial charge in [0.05, 0.1) is 6.10 Å². The average Bonchev–Trinajstić information content (AvgIpc) is 2.67. The van der Waals surface area contributed by atoms with E-state index in [1.54, 1.807) is 11.1 Å². The number of rotatable bonds is 0. The van der Waals surface area contributed by atoms with Crippen molar-refractivity contribution in [3.63, 3.8) is 0 Å². The third kappa shape index (κ3) is 2.71. The van der Waals surface area contributed by atoms with Gasteiger partial charge in [-0.05, 0) is 102 Å². The first-order valence-electron chi connectivity index (χ1n) is 13.3. The normalized spacial score (nSPS) is 52.6. The van der Waals surface area contributed by atoms with Crippen molar-refractivity contribution in [1.82, 2.24) is 0 Å². The molecule has 0 spiro atoms. The number of fused-ring (bicyclic) bond motifs is 7. The summed E-state index contributed by atoms with van der Waals surface area (Å²) in [7, 11) is 0. The topological polar surface area (TPSA) is 20.2 Å². The molecule has 0 radical (unpaired) electrons. The summed E-state index contributed by atoms with van der Waals surface area (Å²) in [6.45, 7) is 20.2. The zero-order valence-corrected chi connectivity index (χ0v) is 21.7. The molecular weight excluding hydrogens is 376 g/mol. The van der Waals surface area contributed by atoms with Crippen molar-refractivity contribution < 1.29 is 5.11 Å². The predicted octanol–water partition coefficient (Wildman–Crippen LogP) is 8.09. The van der Waals surface area contributed by atoms with Crippen molar-refractivity contribution in [2.75, 3.05) is 0 Å². The number of hydrogen-bond acceptors (Lipinski definition) is 1. The van der Waals surface area contributed by atoms with Crippen LogP contribution in [-0.2, 0) is 0 Å². The van der Waals surface area contributed by atoms with E-state index in [-0.39, 0.29) is 22.3 Å². The highest BCUT2D eigenvalue weighted by molar-refractivity contribution is 5.45. The summed E-state index contributed by atoms with van der Waals surface area (Å²) in [4.78, 5) is 0. The molecular formula is C30H48O. The Balaban J connectivity index is 1.63. The molecule has 0 aromatic carbocycles. The van der Waals surface area contributed by atoms with Crippen molar-refractivity contribution in [1.29, 1.82) is 0 Å². The lowest BCUT2D eigenvalue weighted by atomic mass is 9.36. The standard InChI is InChI=1S/C30H48O/c1-25(2)15-16-27(5)17-18-29(7)20(21(27)19-25)9-10-23-28(6)13-12-24(31)26(3,4)22(28)11-14-30(23,29)8/h9-10,21-22,24,31H,11-19H2,1-8H3/t21-,22-,24?,27-,28+,29-,30-/m1/s1. The van der Waals surface area contributed by atoms with E-state index in [0.717, 1.165) is 18.8 Å². The molecule has 4 saturated carbocycles. The highest BCUT2D eigenvalue weighted by Crippen LogP contribution is 2.74. The number of aliphatic hydroxyl groups is 1. The molecule has 0 bridgehead atoms. The van der Waals surface area contributed by atoms with Crippen LogP contribution in [0.1, 0.15) is 113 Å². The van der Waals surface area contributed by atoms with Gasteiger partial charge < -0.3 is 5.11 Å². The smallest absolute Gasteiger partial charge is 0.0594 e. The molecule has 1 N–H and O–H groups in total. The second-order valence-corrected chi connectivity index (χ2v) is 14.8. The molecule has 174 valence electrons. The number of aliphatic hydroxyl groups excluding tert-OH is 1. The lowest BCUT2D eigenvalue weighted by Crippen LogP contribution is -2.60. The Morgan fingerprint density at radius 3 is 2.13 bits per heavy atom. The van der Waals surface area contributed by atoms with Crippen LogP contribution in [0.25, 0.3) is 0 Å². The van der Waals surface area contributed by atoms with Gasteiger partial charge in [0.15, 0.2) is 0 Å². The van der Waals surface area contributed by atoms with Crippen LogP contribution in [0, 0.1) is 44.3 Å². The largest absolute Gasteiger partial charge is 0.393 e. The average molecular weight is 425 g/mol. The molecule has 1 heteroatoms. The Labute approximate surface area is 192 Å². The van der Waals surface area contributed by atoms with Crippen molar-refractivity contribution >= 4 is 0 Å². The van der Waals surface area contributed by atoms with Crippen LogP contribution in [-0.4, -0.2) is 11.2 Å². The summed E-state index contributed by atoms with van der Waals surface area (Å²) >= 11 is 0. The van der Waals surface area contributed by atoms with E-state index >= 15 is 0 Å². The molecule has 0 aromatic rings. The van der Waals surface area contributed by atoms with Crippen LogP contribution in [0.5, 0.6) is 0 Å². The molecule has 5 rings (SSSR count). The van der Waals surface area contributed by atoms with Gasteiger partial charge in [0, 0.05) is 0 Å². The molecule has 5 aliphatic rings. The fraction of sp³-hybridized carbons (Fsp3) is 0.867. The third-order valence-electron chi connectivity index (χ3n) is 12.4. The van der Waals surface area contributed by atoms with E-state index in [2.05, 4.69) is 67.5 Å². The predicted molar refractivity (Wildman–Crippen MR) is 131 cm³/mol. The molecule has 0 amide bonds. The Kier molecular flexibility index (Phi) is 4.53. The zero-order valence-electron chi connectivity index (χ0n) is 21.7. The molecule has 1 nitrogen and oxygen atoms in total. The highest BCUT2D eigenvalue weighted by Gasteiger charge is 2.65. The molecule has 0 heterocycles. The Bertz CT molecular complexity index is 844.